The molecule has 1 aromatic heterocycles. The molecule has 1 amide bonds. The summed E-state index contributed by atoms with van der Waals surface area (Å²) in [6, 6.07) is 14.3. The molecule has 0 radical (unpaired) electrons. The Morgan fingerprint density at radius 1 is 1.05 bits per heavy atom. The molecule has 1 saturated heterocycles. The second kappa shape index (κ2) is 11.7. The number of nitrogens with zero attached hydrogens (tertiary/aromatic N) is 2. The van der Waals surface area contributed by atoms with E-state index in [0.29, 0.717) is 40.8 Å². The number of rotatable bonds is 9. The topological polar surface area (TPSA) is 89.0 Å². The number of ketones is 1. The predicted molar refractivity (Wildman–Crippen MR) is 154 cm³/mol. The lowest BCUT2D eigenvalue weighted by Crippen LogP contribution is -2.29. The van der Waals surface area contributed by atoms with Crippen LogP contribution in [0.5, 0.6) is 11.5 Å². The molecule has 0 spiro atoms. The van der Waals surface area contributed by atoms with Crippen molar-refractivity contribution in [3.8, 4) is 11.5 Å². The lowest BCUT2D eigenvalue weighted by Gasteiger charge is -2.24. The summed E-state index contributed by atoms with van der Waals surface area (Å²) < 4.78 is 26.1. The lowest BCUT2D eigenvalue weighted by atomic mass is 9.95. The summed E-state index contributed by atoms with van der Waals surface area (Å²) in [6.07, 6.45) is 1.83. The number of aromatic nitrogens is 1. The Balaban J connectivity index is 1.69. The quantitative estimate of drug-likeness (QED) is 0.0967. The van der Waals surface area contributed by atoms with Crippen LogP contribution in [0.25, 0.3) is 16.0 Å². The van der Waals surface area contributed by atoms with E-state index in [0.717, 1.165) is 17.5 Å². The van der Waals surface area contributed by atoms with Gasteiger partial charge in [0.2, 0.25) is 0 Å². The molecule has 1 unspecified atom stereocenters. The molecular formula is C30H26ClFN2O5S. The summed E-state index contributed by atoms with van der Waals surface area (Å²) >= 11 is 7.37. The van der Waals surface area contributed by atoms with Gasteiger partial charge in [-0.25, -0.2) is 9.37 Å². The molecule has 0 saturated carbocycles. The van der Waals surface area contributed by atoms with E-state index < -0.39 is 29.3 Å². The van der Waals surface area contributed by atoms with Crippen LogP contribution in [0.15, 0.2) is 66.2 Å². The molecule has 1 N–H and O–H groups in total. The second-order valence-corrected chi connectivity index (χ2v) is 10.6. The van der Waals surface area contributed by atoms with Crippen LogP contribution >= 0.6 is 22.9 Å². The molecular weight excluding hydrogens is 555 g/mol. The van der Waals surface area contributed by atoms with E-state index in [-0.39, 0.29) is 16.3 Å². The smallest absolute Gasteiger partial charge is 0.301 e. The van der Waals surface area contributed by atoms with Crippen molar-refractivity contribution in [3.05, 3.63) is 88.2 Å². The van der Waals surface area contributed by atoms with Crippen LogP contribution in [0, 0.1) is 5.82 Å². The van der Waals surface area contributed by atoms with Gasteiger partial charge in [0.25, 0.3) is 5.78 Å². The standard InChI is InChI=1S/C30H26ClFN2O5S/c1-3-5-14-39-22-13-8-18(15-23(22)38-4-2)26-25(27(35)17-6-10-20(32)11-7-17)28(36)29(37)34(26)30-33-21-12-9-19(31)16-24(21)40-30/h6-13,15-16,26,35H,3-5,14H2,1-2H3. The van der Waals surface area contributed by atoms with Gasteiger partial charge in [-0.15, -0.1) is 0 Å². The Morgan fingerprint density at radius 3 is 2.55 bits per heavy atom. The van der Waals surface area contributed by atoms with E-state index in [9.17, 15) is 19.1 Å². The van der Waals surface area contributed by atoms with Crippen LogP contribution in [0.3, 0.4) is 0 Å². The van der Waals surface area contributed by atoms with Gasteiger partial charge >= 0.3 is 5.91 Å². The third kappa shape index (κ3) is 5.26. The van der Waals surface area contributed by atoms with Crippen molar-refractivity contribution in [2.24, 2.45) is 0 Å². The highest BCUT2D eigenvalue weighted by Gasteiger charge is 2.48. The van der Waals surface area contributed by atoms with Gasteiger partial charge in [0.05, 0.1) is 35.0 Å². The number of hydrogen-bond donors (Lipinski definition) is 1. The van der Waals surface area contributed by atoms with Crippen LogP contribution in [-0.2, 0) is 9.59 Å². The molecule has 10 heteroatoms. The molecule has 7 nitrogen and oxygen atoms in total. The Morgan fingerprint density at radius 2 is 1.82 bits per heavy atom. The summed E-state index contributed by atoms with van der Waals surface area (Å²) in [5, 5.41) is 12.1. The van der Waals surface area contributed by atoms with Crippen molar-refractivity contribution in [2.45, 2.75) is 32.7 Å². The fraction of sp³-hybridized carbons (Fsp3) is 0.233. The minimum atomic E-state index is -1.04. The first kappa shape index (κ1) is 27.6. The number of thiazole rings is 1. The van der Waals surface area contributed by atoms with Gasteiger partial charge in [0.15, 0.2) is 16.6 Å². The number of halogens is 2. The Hall–Kier alpha value is -3.95. The van der Waals surface area contributed by atoms with Crippen LogP contribution in [0.4, 0.5) is 9.52 Å². The first-order chi connectivity index (χ1) is 19.3. The average molecular weight is 581 g/mol. The minimum absolute atomic E-state index is 0.143. The number of fused-ring (bicyclic) bond motifs is 1. The van der Waals surface area contributed by atoms with Crippen LogP contribution in [0.2, 0.25) is 5.02 Å². The Labute approximate surface area is 239 Å². The maximum atomic E-state index is 13.6. The van der Waals surface area contributed by atoms with Gasteiger partial charge in [-0.2, -0.15) is 0 Å². The van der Waals surface area contributed by atoms with Crippen molar-refractivity contribution in [1.82, 2.24) is 4.98 Å². The van der Waals surface area contributed by atoms with E-state index >= 15 is 0 Å². The van der Waals surface area contributed by atoms with Gasteiger partial charge in [-0.1, -0.05) is 42.3 Å². The zero-order valence-corrected chi connectivity index (χ0v) is 23.4. The van der Waals surface area contributed by atoms with Crippen LogP contribution < -0.4 is 14.4 Å². The average Bonchev–Trinajstić information content (AvgIpc) is 3.47. The highest BCUT2D eigenvalue weighted by molar-refractivity contribution is 7.22. The van der Waals surface area contributed by atoms with E-state index in [2.05, 4.69) is 11.9 Å². The SMILES string of the molecule is CCCCOc1ccc(C2C(=C(O)c3ccc(F)cc3)C(=O)C(=O)N2c2nc3ccc(Cl)cc3s2)cc1OCC. The molecule has 3 aromatic carbocycles. The first-order valence-electron chi connectivity index (χ1n) is 12.8. The van der Waals surface area contributed by atoms with Crippen LogP contribution in [-0.4, -0.2) is 35.0 Å². The van der Waals surface area contributed by atoms with Gasteiger partial charge in [0, 0.05) is 10.6 Å². The largest absolute Gasteiger partial charge is 0.507 e. The van der Waals surface area contributed by atoms with E-state index in [1.54, 1.807) is 36.4 Å². The van der Waals surface area contributed by atoms with Gasteiger partial charge < -0.3 is 14.6 Å². The number of carbonyl (C=O) groups is 2. The molecule has 0 aliphatic carbocycles. The number of aliphatic hydroxyl groups is 1. The maximum absolute atomic E-state index is 13.6. The normalized spacial score (nSPS) is 16.6. The number of amides is 1. The molecule has 4 aromatic rings. The molecule has 5 rings (SSSR count). The number of Topliss-reactive ketones (excluding diaryl/α,β-unsaturated/α-hetero) is 1. The minimum Gasteiger partial charge on any atom is -0.507 e. The predicted octanol–water partition coefficient (Wildman–Crippen LogP) is 7.29. The third-order valence-corrected chi connectivity index (χ3v) is 7.70. The summed E-state index contributed by atoms with van der Waals surface area (Å²) in [4.78, 5) is 32.9. The number of carbonyl (C=O) groups excluding carboxylic acids is 2. The zero-order chi connectivity index (χ0) is 28.4. The first-order valence-corrected chi connectivity index (χ1v) is 14.0. The zero-order valence-electron chi connectivity index (χ0n) is 21.8. The van der Waals surface area contributed by atoms with Crippen molar-refractivity contribution < 1.29 is 28.6 Å². The van der Waals surface area contributed by atoms with Gasteiger partial charge in [-0.3, -0.25) is 14.5 Å². The lowest BCUT2D eigenvalue weighted by molar-refractivity contribution is -0.132. The molecule has 206 valence electrons. The molecule has 1 aliphatic rings. The highest BCUT2D eigenvalue weighted by Crippen LogP contribution is 2.46. The van der Waals surface area contributed by atoms with Gasteiger partial charge in [0.1, 0.15) is 11.6 Å². The molecule has 1 fully saturated rings. The summed E-state index contributed by atoms with van der Waals surface area (Å²) in [5.74, 6) is -1.67. The fourth-order valence-electron chi connectivity index (χ4n) is 4.51. The van der Waals surface area contributed by atoms with E-state index in [1.807, 2.05) is 6.92 Å². The molecule has 0 bridgehead atoms. The van der Waals surface area contributed by atoms with Crippen LogP contribution in [0.1, 0.15) is 43.9 Å². The van der Waals surface area contributed by atoms with E-state index in [4.69, 9.17) is 21.1 Å². The van der Waals surface area contributed by atoms with E-state index in [1.165, 1.54) is 40.5 Å². The third-order valence-electron chi connectivity index (χ3n) is 6.45. The summed E-state index contributed by atoms with van der Waals surface area (Å²) in [5.41, 5.74) is 1.17. The number of ether oxygens (including phenoxy) is 2. The number of unbranched alkanes of at least 4 members (excludes halogenated alkanes) is 1. The highest BCUT2D eigenvalue weighted by atomic mass is 35.5. The Bertz CT molecular complexity index is 1620. The Kier molecular flexibility index (Phi) is 8.04. The van der Waals surface area contributed by atoms with Gasteiger partial charge in [-0.05, 0) is 73.5 Å². The summed E-state index contributed by atoms with van der Waals surface area (Å²) in [7, 11) is 0. The second-order valence-electron chi connectivity index (χ2n) is 9.13. The molecule has 1 atom stereocenters. The summed E-state index contributed by atoms with van der Waals surface area (Å²) in [6.45, 7) is 4.78. The molecule has 40 heavy (non-hydrogen) atoms. The molecule has 2 heterocycles. The number of benzene rings is 3. The van der Waals surface area contributed by atoms with Crippen molar-refractivity contribution in [2.75, 3.05) is 18.1 Å². The van der Waals surface area contributed by atoms with Crippen molar-refractivity contribution >= 4 is 55.7 Å². The monoisotopic (exact) mass is 580 g/mol. The molecule has 1 aliphatic heterocycles. The van der Waals surface area contributed by atoms with Crippen molar-refractivity contribution in [3.63, 3.8) is 0 Å². The number of anilines is 1. The fourth-order valence-corrected chi connectivity index (χ4v) is 5.77. The number of hydrogen-bond acceptors (Lipinski definition) is 7. The maximum Gasteiger partial charge on any atom is 0.301 e. The number of aliphatic hydroxyl groups excluding tert-OH is 1. The van der Waals surface area contributed by atoms with Crippen molar-refractivity contribution in [1.29, 1.82) is 0 Å².